The predicted molar refractivity (Wildman–Crippen MR) is 91.8 cm³/mol. The summed E-state index contributed by atoms with van der Waals surface area (Å²) in [5, 5.41) is 2.90. The van der Waals surface area contributed by atoms with Crippen molar-refractivity contribution >= 4 is 11.6 Å². The van der Waals surface area contributed by atoms with Crippen LogP contribution in [0.3, 0.4) is 0 Å². The van der Waals surface area contributed by atoms with E-state index in [4.69, 9.17) is 9.47 Å². The molecule has 0 aliphatic heterocycles. The summed E-state index contributed by atoms with van der Waals surface area (Å²) in [6.07, 6.45) is 2.27. The maximum atomic E-state index is 11.9. The second-order valence-electron chi connectivity index (χ2n) is 5.25. The Labute approximate surface area is 137 Å². The first-order chi connectivity index (χ1) is 11.3. The zero-order chi connectivity index (χ0) is 16.3. The Bertz CT molecular complexity index is 581. The number of methoxy groups -OCH3 is 1. The lowest BCUT2D eigenvalue weighted by molar-refractivity contribution is -0.116. The van der Waals surface area contributed by atoms with Gasteiger partial charge in [-0.1, -0.05) is 30.3 Å². The molecule has 0 heterocycles. The number of aryl methyl sites for hydroxylation is 1. The molecule has 4 nitrogen and oxygen atoms in total. The molecule has 122 valence electrons. The molecule has 1 N–H and O–H groups in total. The second kappa shape index (κ2) is 9.64. The van der Waals surface area contributed by atoms with Gasteiger partial charge in [-0.2, -0.15) is 0 Å². The van der Waals surface area contributed by atoms with E-state index in [2.05, 4.69) is 17.4 Å². The maximum absolute atomic E-state index is 11.9. The molecule has 0 saturated heterocycles. The van der Waals surface area contributed by atoms with Gasteiger partial charge in [-0.3, -0.25) is 4.79 Å². The highest BCUT2D eigenvalue weighted by Gasteiger charge is 2.03. The van der Waals surface area contributed by atoms with Crippen LogP contribution in [0.15, 0.2) is 54.6 Å². The molecule has 0 unspecified atom stereocenters. The molecule has 0 bridgehead atoms. The van der Waals surface area contributed by atoms with Gasteiger partial charge in [-0.25, -0.2) is 0 Å². The summed E-state index contributed by atoms with van der Waals surface area (Å²) in [5.41, 5.74) is 2.05. The van der Waals surface area contributed by atoms with Gasteiger partial charge in [-0.05, 0) is 42.7 Å². The lowest BCUT2D eigenvalue weighted by atomic mass is 10.1. The minimum absolute atomic E-state index is 0.0361. The number of rotatable bonds is 9. The molecule has 2 rings (SSSR count). The Morgan fingerprint density at radius 1 is 1.00 bits per heavy atom. The van der Waals surface area contributed by atoms with Gasteiger partial charge in [0, 0.05) is 19.2 Å². The molecule has 1 amide bonds. The van der Waals surface area contributed by atoms with Crippen molar-refractivity contribution in [3.05, 3.63) is 60.2 Å². The van der Waals surface area contributed by atoms with Crippen LogP contribution >= 0.6 is 0 Å². The fourth-order valence-electron chi connectivity index (χ4n) is 2.20. The normalized spacial score (nSPS) is 10.3. The lowest BCUT2D eigenvalue weighted by Gasteiger charge is -2.08. The molecule has 0 aromatic heterocycles. The molecule has 0 saturated carbocycles. The highest BCUT2D eigenvalue weighted by Crippen LogP contribution is 2.16. The van der Waals surface area contributed by atoms with Gasteiger partial charge in [0.2, 0.25) is 5.91 Å². The number of carbonyl (C=O) groups excluding carboxylic acids is 1. The third kappa shape index (κ3) is 6.53. The molecule has 0 atom stereocenters. The molecule has 0 aliphatic rings. The van der Waals surface area contributed by atoms with Crippen LogP contribution in [0.5, 0.6) is 5.75 Å². The van der Waals surface area contributed by atoms with Crippen LogP contribution in [0.2, 0.25) is 0 Å². The number of ether oxygens (including phenoxy) is 2. The van der Waals surface area contributed by atoms with Crippen molar-refractivity contribution in [1.82, 2.24) is 0 Å². The molecule has 0 aliphatic carbocycles. The third-order valence-electron chi connectivity index (χ3n) is 3.41. The van der Waals surface area contributed by atoms with Crippen LogP contribution in [0.1, 0.15) is 18.4 Å². The average molecular weight is 313 g/mol. The van der Waals surface area contributed by atoms with Crippen molar-refractivity contribution in [1.29, 1.82) is 0 Å². The van der Waals surface area contributed by atoms with Crippen molar-refractivity contribution in [2.75, 3.05) is 25.6 Å². The van der Waals surface area contributed by atoms with Gasteiger partial charge in [0.05, 0.1) is 6.61 Å². The standard InChI is InChI=1S/C19H23NO3/c1-22-14-15-23-18-12-10-17(11-13-18)20-19(21)9-5-8-16-6-3-2-4-7-16/h2-4,6-7,10-13H,5,8-9,14-15H2,1H3,(H,20,21). The third-order valence-corrected chi connectivity index (χ3v) is 3.41. The first-order valence-corrected chi connectivity index (χ1v) is 7.83. The van der Waals surface area contributed by atoms with Crippen molar-refractivity contribution in [3.63, 3.8) is 0 Å². The molecular formula is C19H23NO3. The summed E-state index contributed by atoms with van der Waals surface area (Å²) < 4.78 is 10.4. The van der Waals surface area contributed by atoms with Crippen LogP contribution in [0, 0.1) is 0 Å². The Morgan fingerprint density at radius 3 is 2.43 bits per heavy atom. The molecule has 2 aromatic carbocycles. The highest BCUT2D eigenvalue weighted by atomic mass is 16.5. The SMILES string of the molecule is COCCOc1ccc(NC(=O)CCCc2ccccc2)cc1. The highest BCUT2D eigenvalue weighted by molar-refractivity contribution is 5.90. The Kier molecular flexibility index (Phi) is 7.14. The number of anilines is 1. The molecule has 0 spiro atoms. The van der Waals surface area contributed by atoms with Gasteiger partial charge >= 0.3 is 0 Å². The quantitative estimate of drug-likeness (QED) is 0.719. The monoisotopic (exact) mass is 313 g/mol. The number of carbonyl (C=O) groups is 1. The van der Waals surface area contributed by atoms with Crippen LogP contribution in [-0.4, -0.2) is 26.2 Å². The summed E-state index contributed by atoms with van der Waals surface area (Å²) in [5.74, 6) is 0.804. The molecular weight excluding hydrogens is 290 g/mol. The first-order valence-electron chi connectivity index (χ1n) is 7.83. The number of nitrogens with one attached hydrogen (secondary N) is 1. The molecule has 0 fully saturated rings. The molecule has 0 radical (unpaired) electrons. The zero-order valence-corrected chi connectivity index (χ0v) is 13.5. The van der Waals surface area contributed by atoms with Crippen molar-refractivity contribution in [2.45, 2.75) is 19.3 Å². The number of benzene rings is 2. The van der Waals surface area contributed by atoms with Gasteiger partial charge in [0.25, 0.3) is 0 Å². The number of hydrogen-bond acceptors (Lipinski definition) is 3. The van der Waals surface area contributed by atoms with Gasteiger partial charge in [0.1, 0.15) is 12.4 Å². The van der Waals surface area contributed by atoms with E-state index in [1.54, 1.807) is 7.11 Å². The van der Waals surface area contributed by atoms with Crippen LogP contribution in [0.4, 0.5) is 5.69 Å². The van der Waals surface area contributed by atoms with E-state index in [-0.39, 0.29) is 5.91 Å². The first kappa shape index (κ1) is 17.0. The summed E-state index contributed by atoms with van der Waals surface area (Å²) >= 11 is 0. The van der Waals surface area contributed by atoms with Gasteiger partial charge < -0.3 is 14.8 Å². The predicted octanol–water partition coefficient (Wildman–Crippen LogP) is 3.67. The Morgan fingerprint density at radius 2 is 1.74 bits per heavy atom. The minimum Gasteiger partial charge on any atom is -0.491 e. The minimum atomic E-state index is 0.0361. The van der Waals surface area contributed by atoms with Gasteiger partial charge in [0.15, 0.2) is 0 Å². The maximum Gasteiger partial charge on any atom is 0.224 e. The second-order valence-corrected chi connectivity index (χ2v) is 5.25. The summed E-state index contributed by atoms with van der Waals surface area (Å²) in [7, 11) is 1.64. The summed E-state index contributed by atoms with van der Waals surface area (Å²) in [6, 6.07) is 17.6. The van der Waals surface area contributed by atoms with Crippen molar-refractivity contribution in [3.8, 4) is 5.75 Å². The number of amides is 1. The van der Waals surface area contributed by atoms with E-state index in [0.717, 1.165) is 24.3 Å². The van der Waals surface area contributed by atoms with E-state index >= 15 is 0 Å². The van der Waals surface area contributed by atoms with E-state index in [0.29, 0.717) is 19.6 Å². The largest absolute Gasteiger partial charge is 0.491 e. The van der Waals surface area contributed by atoms with Crippen molar-refractivity contribution in [2.24, 2.45) is 0 Å². The molecule has 23 heavy (non-hydrogen) atoms. The smallest absolute Gasteiger partial charge is 0.224 e. The fourth-order valence-corrected chi connectivity index (χ4v) is 2.20. The van der Waals surface area contributed by atoms with Crippen LogP contribution in [0.25, 0.3) is 0 Å². The lowest BCUT2D eigenvalue weighted by Crippen LogP contribution is -2.11. The van der Waals surface area contributed by atoms with E-state index in [9.17, 15) is 4.79 Å². The number of hydrogen-bond donors (Lipinski definition) is 1. The average Bonchev–Trinajstić information content (AvgIpc) is 2.58. The summed E-state index contributed by atoms with van der Waals surface area (Å²) in [4.78, 5) is 11.9. The zero-order valence-electron chi connectivity index (χ0n) is 13.5. The van der Waals surface area contributed by atoms with Crippen LogP contribution < -0.4 is 10.1 Å². The van der Waals surface area contributed by atoms with Gasteiger partial charge in [-0.15, -0.1) is 0 Å². The van der Waals surface area contributed by atoms with E-state index in [1.807, 2.05) is 42.5 Å². The Hall–Kier alpha value is -2.33. The Balaban J connectivity index is 1.70. The van der Waals surface area contributed by atoms with E-state index in [1.165, 1.54) is 5.56 Å². The topological polar surface area (TPSA) is 47.6 Å². The van der Waals surface area contributed by atoms with Crippen molar-refractivity contribution < 1.29 is 14.3 Å². The fraction of sp³-hybridized carbons (Fsp3) is 0.316. The van der Waals surface area contributed by atoms with Crippen LogP contribution in [-0.2, 0) is 16.0 Å². The molecule has 4 heteroatoms. The molecule has 2 aromatic rings. The summed E-state index contributed by atoms with van der Waals surface area (Å²) in [6.45, 7) is 1.07. The van der Waals surface area contributed by atoms with E-state index < -0.39 is 0 Å².